The van der Waals surface area contributed by atoms with Crippen molar-refractivity contribution in [2.24, 2.45) is 0 Å². The molecule has 1 aliphatic heterocycles. The predicted octanol–water partition coefficient (Wildman–Crippen LogP) is 1.36. The van der Waals surface area contributed by atoms with Gasteiger partial charge in [0.05, 0.1) is 18.6 Å². The number of nitrogens with one attached hydrogen (secondary N) is 1. The van der Waals surface area contributed by atoms with Crippen molar-refractivity contribution < 1.29 is 13.2 Å². The average Bonchev–Trinajstić information content (AvgIpc) is 2.38. The summed E-state index contributed by atoms with van der Waals surface area (Å²) in [6, 6.07) is 8.21. The molecule has 0 aliphatic carbocycles. The summed E-state index contributed by atoms with van der Waals surface area (Å²) in [5, 5.41) is 3.41. The Labute approximate surface area is 108 Å². The molecule has 0 radical (unpaired) electrons. The van der Waals surface area contributed by atoms with Crippen LogP contribution in [0.25, 0.3) is 0 Å². The molecule has 1 heterocycles. The van der Waals surface area contributed by atoms with E-state index in [2.05, 4.69) is 5.32 Å². The van der Waals surface area contributed by atoms with Gasteiger partial charge in [-0.05, 0) is 30.5 Å². The van der Waals surface area contributed by atoms with Crippen LogP contribution in [0.4, 0.5) is 0 Å². The summed E-state index contributed by atoms with van der Waals surface area (Å²) in [7, 11) is -1.12. The maximum absolute atomic E-state index is 11.3. The number of rotatable bonds is 4. The van der Waals surface area contributed by atoms with E-state index in [1.807, 2.05) is 24.3 Å². The summed E-state index contributed by atoms with van der Waals surface area (Å²) in [5.74, 6) is 1.46. The Hall–Kier alpha value is -1.07. The Morgan fingerprint density at radius 1 is 1.33 bits per heavy atom. The Kier molecular flexibility index (Phi) is 4.24. The number of hydrogen-bond donors (Lipinski definition) is 1. The summed E-state index contributed by atoms with van der Waals surface area (Å²) in [5.41, 5.74) is 1.16. The van der Waals surface area contributed by atoms with Gasteiger partial charge < -0.3 is 10.1 Å². The number of hydrogen-bond acceptors (Lipinski definition) is 4. The Balaban J connectivity index is 1.85. The lowest BCUT2D eigenvalue weighted by Gasteiger charge is -2.23. The Morgan fingerprint density at radius 3 is 2.72 bits per heavy atom. The zero-order valence-corrected chi connectivity index (χ0v) is 11.4. The molecule has 1 aromatic rings. The summed E-state index contributed by atoms with van der Waals surface area (Å²) >= 11 is 0. The lowest BCUT2D eigenvalue weighted by atomic mass is 10.1. The van der Waals surface area contributed by atoms with E-state index in [1.165, 1.54) is 0 Å². The van der Waals surface area contributed by atoms with Crippen LogP contribution >= 0.6 is 0 Å². The van der Waals surface area contributed by atoms with Gasteiger partial charge in [0.2, 0.25) is 0 Å². The van der Waals surface area contributed by atoms with Crippen molar-refractivity contribution in [2.45, 2.75) is 25.4 Å². The van der Waals surface area contributed by atoms with Crippen molar-refractivity contribution in [3.05, 3.63) is 29.8 Å². The molecule has 1 saturated heterocycles. The van der Waals surface area contributed by atoms with Gasteiger partial charge in [-0.1, -0.05) is 12.1 Å². The second-order valence-corrected chi connectivity index (χ2v) is 6.96. The van der Waals surface area contributed by atoms with Crippen LogP contribution in [0.15, 0.2) is 24.3 Å². The molecule has 2 rings (SSSR count). The molecule has 1 aliphatic rings. The highest BCUT2D eigenvalue weighted by molar-refractivity contribution is 7.91. The molecule has 0 bridgehead atoms. The zero-order valence-electron chi connectivity index (χ0n) is 10.6. The molecule has 1 aromatic carbocycles. The first-order valence-corrected chi connectivity index (χ1v) is 7.98. The van der Waals surface area contributed by atoms with E-state index in [1.54, 1.807) is 7.11 Å². The van der Waals surface area contributed by atoms with Gasteiger partial charge in [0.15, 0.2) is 0 Å². The molecule has 0 atom stereocenters. The molecule has 4 nitrogen and oxygen atoms in total. The first-order valence-electron chi connectivity index (χ1n) is 6.16. The summed E-state index contributed by atoms with van der Waals surface area (Å²) < 4.78 is 27.8. The van der Waals surface area contributed by atoms with E-state index in [0.717, 1.165) is 17.9 Å². The van der Waals surface area contributed by atoms with Crippen molar-refractivity contribution >= 4 is 9.84 Å². The predicted molar refractivity (Wildman–Crippen MR) is 71.5 cm³/mol. The van der Waals surface area contributed by atoms with Crippen molar-refractivity contribution in [2.75, 3.05) is 18.6 Å². The van der Waals surface area contributed by atoms with Crippen LogP contribution < -0.4 is 10.1 Å². The van der Waals surface area contributed by atoms with E-state index in [0.29, 0.717) is 30.4 Å². The van der Waals surface area contributed by atoms with Crippen LogP contribution in [0.3, 0.4) is 0 Å². The topological polar surface area (TPSA) is 55.4 Å². The Morgan fingerprint density at radius 2 is 2.06 bits per heavy atom. The number of sulfone groups is 1. The van der Waals surface area contributed by atoms with Crippen molar-refractivity contribution in [1.82, 2.24) is 5.32 Å². The van der Waals surface area contributed by atoms with E-state index in [-0.39, 0.29) is 0 Å². The van der Waals surface area contributed by atoms with Crippen LogP contribution in [0.1, 0.15) is 18.4 Å². The van der Waals surface area contributed by atoms with Gasteiger partial charge in [-0.15, -0.1) is 0 Å². The molecule has 0 amide bonds. The summed E-state index contributed by atoms with van der Waals surface area (Å²) in [4.78, 5) is 0. The molecular formula is C13H19NO3S. The second-order valence-electron chi connectivity index (χ2n) is 4.66. The van der Waals surface area contributed by atoms with E-state index < -0.39 is 9.84 Å². The van der Waals surface area contributed by atoms with Crippen molar-refractivity contribution in [1.29, 1.82) is 0 Å². The third kappa shape index (κ3) is 3.71. The van der Waals surface area contributed by atoms with Crippen molar-refractivity contribution in [3.8, 4) is 5.75 Å². The standard InChI is InChI=1S/C13H19NO3S/c1-17-13-4-2-3-11(9-13)10-14-12-5-7-18(15,16)8-6-12/h2-4,9,12,14H,5-8,10H2,1H3. The first kappa shape index (κ1) is 13.4. The summed E-state index contributed by atoms with van der Waals surface area (Å²) in [6.45, 7) is 0.752. The van der Waals surface area contributed by atoms with Crippen LogP contribution in [-0.4, -0.2) is 33.1 Å². The average molecular weight is 269 g/mol. The summed E-state index contributed by atoms with van der Waals surface area (Å²) in [6.07, 6.45) is 1.43. The molecule has 0 aromatic heterocycles. The SMILES string of the molecule is COc1cccc(CNC2CCS(=O)(=O)CC2)c1. The normalized spacial score (nSPS) is 19.6. The van der Waals surface area contributed by atoms with Gasteiger partial charge in [-0.25, -0.2) is 8.42 Å². The highest BCUT2D eigenvalue weighted by Crippen LogP contribution is 2.15. The van der Waals surface area contributed by atoms with Crippen molar-refractivity contribution in [3.63, 3.8) is 0 Å². The first-order chi connectivity index (χ1) is 8.59. The fraction of sp³-hybridized carbons (Fsp3) is 0.538. The molecule has 100 valence electrons. The van der Waals surface area contributed by atoms with Gasteiger partial charge in [-0.3, -0.25) is 0 Å². The number of methoxy groups -OCH3 is 1. The van der Waals surface area contributed by atoms with E-state index in [4.69, 9.17) is 4.74 Å². The minimum atomic E-state index is -2.77. The lowest BCUT2D eigenvalue weighted by molar-refractivity contribution is 0.413. The second kappa shape index (κ2) is 5.71. The van der Waals surface area contributed by atoms with Crippen LogP contribution in [-0.2, 0) is 16.4 Å². The largest absolute Gasteiger partial charge is 0.497 e. The lowest BCUT2D eigenvalue weighted by Crippen LogP contribution is -2.37. The van der Waals surface area contributed by atoms with Gasteiger partial charge in [0.1, 0.15) is 15.6 Å². The molecule has 0 unspecified atom stereocenters. The maximum Gasteiger partial charge on any atom is 0.150 e. The molecule has 1 N–H and O–H groups in total. The Bertz CT molecular complexity index is 485. The molecular weight excluding hydrogens is 250 g/mol. The van der Waals surface area contributed by atoms with Gasteiger partial charge >= 0.3 is 0 Å². The van der Waals surface area contributed by atoms with Gasteiger partial charge in [0.25, 0.3) is 0 Å². The third-order valence-corrected chi connectivity index (χ3v) is 5.00. The molecule has 18 heavy (non-hydrogen) atoms. The molecule has 5 heteroatoms. The molecule has 1 fully saturated rings. The van der Waals surface area contributed by atoms with E-state index in [9.17, 15) is 8.42 Å². The van der Waals surface area contributed by atoms with Gasteiger partial charge in [0, 0.05) is 12.6 Å². The van der Waals surface area contributed by atoms with Crippen LogP contribution in [0.5, 0.6) is 5.75 Å². The molecule has 0 spiro atoms. The maximum atomic E-state index is 11.3. The smallest absolute Gasteiger partial charge is 0.150 e. The zero-order chi connectivity index (χ0) is 13.0. The monoisotopic (exact) mass is 269 g/mol. The van der Waals surface area contributed by atoms with Crippen LogP contribution in [0.2, 0.25) is 0 Å². The van der Waals surface area contributed by atoms with Crippen LogP contribution in [0, 0.1) is 0 Å². The van der Waals surface area contributed by atoms with E-state index >= 15 is 0 Å². The third-order valence-electron chi connectivity index (χ3n) is 3.28. The minimum absolute atomic E-state index is 0.305. The highest BCUT2D eigenvalue weighted by atomic mass is 32.2. The molecule has 0 saturated carbocycles. The fourth-order valence-corrected chi connectivity index (χ4v) is 3.63. The number of benzene rings is 1. The number of ether oxygens (including phenoxy) is 1. The minimum Gasteiger partial charge on any atom is -0.497 e. The highest BCUT2D eigenvalue weighted by Gasteiger charge is 2.22. The van der Waals surface area contributed by atoms with Gasteiger partial charge in [-0.2, -0.15) is 0 Å². The fourth-order valence-electron chi connectivity index (χ4n) is 2.14. The quantitative estimate of drug-likeness (QED) is 0.897.